The minimum absolute atomic E-state index is 0.217. The van der Waals surface area contributed by atoms with Gasteiger partial charge in [0.1, 0.15) is 5.75 Å². The molecule has 2 aromatic carbocycles. The van der Waals surface area contributed by atoms with Crippen LogP contribution in [-0.4, -0.2) is 26.8 Å². The van der Waals surface area contributed by atoms with Gasteiger partial charge >= 0.3 is 0 Å². The number of thiophene rings is 1. The summed E-state index contributed by atoms with van der Waals surface area (Å²) in [5, 5.41) is 9.39. The highest BCUT2D eigenvalue weighted by atomic mass is 35.5. The van der Waals surface area contributed by atoms with E-state index in [1.807, 2.05) is 35.0 Å². The normalized spacial score (nSPS) is 11.2. The molecule has 0 spiro atoms. The Labute approximate surface area is 195 Å². The molecule has 0 saturated carbocycles. The number of hydrogen-bond acceptors (Lipinski definition) is 8. The Morgan fingerprint density at radius 3 is 2.88 bits per heavy atom. The van der Waals surface area contributed by atoms with Crippen molar-refractivity contribution < 1.29 is 9.26 Å². The molecule has 160 valence electrons. The van der Waals surface area contributed by atoms with Crippen molar-refractivity contribution in [3.05, 3.63) is 80.5 Å². The van der Waals surface area contributed by atoms with Gasteiger partial charge in [-0.2, -0.15) is 16.3 Å². The number of aromatic nitrogens is 4. The molecule has 0 aliphatic heterocycles. The van der Waals surface area contributed by atoms with Crippen LogP contribution < -0.4 is 10.3 Å². The van der Waals surface area contributed by atoms with Crippen LogP contribution in [0.1, 0.15) is 5.82 Å². The largest absolute Gasteiger partial charge is 0.495 e. The van der Waals surface area contributed by atoms with E-state index in [0.29, 0.717) is 50.0 Å². The van der Waals surface area contributed by atoms with Crippen LogP contribution >= 0.6 is 34.7 Å². The van der Waals surface area contributed by atoms with Crippen molar-refractivity contribution in [3.8, 4) is 22.9 Å². The lowest BCUT2D eigenvalue weighted by Crippen LogP contribution is -2.22. The van der Waals surface area contributed by atoms with Gasteiger partial charge in [-0.05, 0) is 41.8 Å². The number of fused-ring (bicyclic) bond motifs is 1. The van der Waals surface area contributed by atoms with Gasteiger partial charge < -0.3 is 9.26 Å². The van der Waals surface area contributed by atoms with E-state index in [4.69, 9.17) is 25.8 Å². The Balaban J connectivity index is 1.58. The third-order valence-corrected chi connectivity index (χ3v) is 6.55. The van der Waals surface area contributed by atoms with Gasteiger partial charge in [-0.25, -0.2) is 4.98 Å². The van der Waals surface area contributed by atoms with Gasteiger partial charge in [0.2, 0.25) is 0 Å². The monoisotopic (exact) mass is 482 g/mol. The van der Waals surface area contributed by atoms with Gasteiger partial charge in [-0.3, -0.25) is 9.36 Å². The number of hydrogen-bond donors (Lipinski definition) is 0. The Kier molecular flexibility index (Phi) is 5.69. The fourth-order valence-electron chi connectivity index (χ4n) is 3.21. The van der Waals surface area contributed by atoms with Crippen molar-refractivity contribution in [3.63, 3.8) is 0 Å². The Bertz CT molecular complexity index is 1460. The lowest BCUT2D eigenvalue weighted by molar-refractivity contribution is 0.411. The molecule has 32 heavy (non-hydrogen) atoms. The van der Waals surface area contributed by atoms with Crippen molar-refractivity contribution in [2.45, 2.75) is 10.9 Å². The second-order valence-corrected chi connectivity index (χ2v) is 8.84. The molecule has 0 saturated heterocycles. The third kappa shape index (κ3) is 3.90. The molecule has 5 aromatic rings. The van der Waals surface area contributed by atoms with Crippen LogP contribution in [-0.2, 0) is 5.75 Å². The molecule has 3 heterocycles. The van der Waals surface area contributed by atoms with E-state index in [0.717, 1.165) is 5.56 Å². The molecule has 0 aliphatic rings. The van der Waals surface area contributed by atoms with Crippen molar-refractivity contribution in [2.75, 3.05) is 7.11 Å². The van der Waals surface area contributed by atoms with Crippen molar-refractivity contribution in [1.82, 2.24) is 19.7 Å². The zero-order valence-corrected chi connectivity index (χ0v) is 19.1. The summed E-state index contributed by atoms with van der Waals surface area (Å²) in [5.74, 6) is 1.89. The summed E-state index contributed by atoms with van der Waals surface area (Å²) in [7, 11) is 1.57. The summed E-state index contributed by atoms with van der Waals surface area (Å²) >= 11 is 9.03. The number of benzene rings is 2. The number of para-hydroxylation sites is 2. The van der Waals surface area contributed by atoms with Gasteiger partial charge in [-0.15, -0.1) is 0 Å². The molecule has 0 atom stereocenters. The zero-order valence-electron chi connectivity index (χ0n) is 16.7. The van der Waals surface area contributed by atoms with E-state index < -0.39 is 0 Å². The minimum atomic E-state index is -0.217. The maximum atomic E-state index is 13.5. The molecule has 0 amide bonds. The number of rotatable bonds is 6. The number of ether oxygens (including phenoxy) is 1. The molecule has 0 radical (unpaired) electrons. The number of thioether (sulfide) groups is 1. The van der Waals surface area contributed by atoms with E-state index in [9.17, 15) is 4.79 Å². The first kappa shape index (κ1) is 20.7. The fraction of sp³-hybridized carbons (Fsp3) is 0.0909. The zero-order chi connectivity index (χ0) is 22.1. The highest BCUT2D eigenvalue weighted by molar-refractivity contribution is 7.98. The highest BCUT2D eigenvalue weighted by Gasteiger charge is 2.18. The third-order valence-electron chi connectivity index (χ3n) is 4.69. The maximum Gasteiger partial charge on any atom is 0.266 e. The van der Waals surface area contributed by atoms with E-state index in [-0.39, 0.29) is 5.56 Å². The first-order chi connectivity index (χ1) is 15.6. The Morgan fingerprint density at radius 1 is 1.19 bits per heavy atom. The molecule has 0 bridgehead atoms. The lowest BCUT2D eigenvalue weighted by atomic mass is 10.2. The van der Waals surface area contributed by atoms with E-state index in [1.54, 1.807) is 47.3 Å². The topological polar surface area (TPSA) is 83.0 Å². The van der Waals surface area contributed by atoms with Crippen molar-refractivity contribution >= 4 is 45.6 Å². The van der Waals surface area contributed by atoms with E-state index >= 15 is 0 Å². The molecular formula is C22H15ClN4O3S2. The maximum absolute atomic E-state index is 13.5. The van der Waals surface area contributed by atoms with Crippen LogP contribution in [0.5, 0.6) is 5.75 Å². The summed E-state index contributed by atoms with van der Waals surface area (Å²) in [6, 6.07) is 14.3. The van der Waals surface area contributed by atoms with Gasteiger partial charge in [0.25, 0.3) is 11.4 Å². The van der Waals surface area contributed by atoms with E-state index in [2.05, 4.69) is 10.1 Å². The standard InChI is InChI=1S/C22H15ClN4O3S2/c1-29-18-5-3-2-4-17(18)27-21(28)15-7-6-14(23)10-16(15)24-22(27)32-12-19-25-20(30-26-19)13-8-9-31-11-13/h2-11H,12H2,1H3. The minimum Gasteiger partial charge on any atom is -0.495 e. The van der Waals surface area contributed by atoms with Gasteiger partial charge in [0, 0.05) is 10.4 Å². The molecular weight excluding hydrogens is 468 g/mol. The number of halogens is 1. The Hall–Kier alpha value is -3.14. The number of nitrogens with zero attached hydrogens (tertiary/aromatic N) is 4. The van der Waals surface area contributed by atoms with Crippen LogP contribution in [0.15, 0.2) is 73.8 Å². The molecule has 3 aromatic heterocycles. The predicted octanol–water partition coefficient (Wildman–Crippen LogP) is 5.45. The fourth-order valence-corrected chi connectivity index (χ4v) is 4.85. The van der Waals surface area contributed by atoms with E-state index in [1.165, 1.54) is 11.8 Å². The van der Waals surface area contributed by atoms with Crippen LogP contribution in [0.3, 0.4) is 0 Å². The summed E-state index contributed by atoms with van der Waals surface area (Å²) in [6.07, 6.45) is 0. The molecule has 10 heteroatoms. The second kappa shape index (κ2) is 8.78. The smallest absolute Gasteiger partial charge is 0.266 e. The van der Waals surface area contributed by atoms with Gasteiger partial charge in [0.05, 0.1) is 35.0 Å². The molecule has 5 rings (SSSR count). The summed E-state index contributed by atoms with van der Waals surface area (Å²) in [4.78, 5) is 22.6. The first-order valence-corrected chi connectivity index (χ1v) is 11.8. The number of methoxy groups -OCH3 is 1. The van der Waals surface area contributed by atoms with Gasteiger partial charge in [-0.1, -0.05) is 40.7 Å². The van der Waals surface area contributed by atoms with Crippen LogP contribution in [0, 0.1) is 0 Å². The first-order valence-electron chi connectivity index (χ1n) is 9.47. The summed E-state index contributed by atoms with van der Waals surface area (Å²) in [5.41, 5.74) is 1.77. The predicted molar refractivity (Wildman–Crippen MR) is 126 cm³/mol. The quantitative estimate of drug-likeness (QED) is 0.235. The molecule has 0 aliphatic carbocycles. The molecule has 0 unspecified atom stereocenters. The van der Waals surface area contributed by atoms with Crippen LogP contribution in [0.25, 0.3) is 28.0 Å². The van der Waals surface area contributed by atoms with Gasteiger partial charge in [0.15, 0.2) is 11.0 Å². The molecule has 0 fully saturated rings. The summed E-state index contributed by atoms with van der Waals surface area (Å²) in [6.45, 7) is 0. The SMILES string of the molecule is COc1ccccc1-n1c(SCc2noc(-c3ccsc3)n2)nc2cc(Cl)ccc2c1=O. The average molecular weight is 483 g/mol. The van der Waals surface area contributed by atoms with Crippen molar-refractivity contribution in [2.24, 2.45) is 0 Å². The Morgan fingerprint density at radius 2 is 2.06 bits per heavy atom. The van der Waals surface area contributed by atoms with Crippen molar-refractivity contribution in [1.29, 1.82) is 0 Å². The molecule has 7 nitrogen and oxygen atoms in total. The molecule has 0 N–H and O–H groups in total. The van der Waals surface area contributed by atoms with Crippen LogP contribution in [0.4, 0.5) is 0 Å². The highest BCUT2D eigenvalue weighted by Crippen LogP contribution is 2.29. The van der Waals surface area contributed by atoms with Crippen LogP contribution in [0.2, 0.25) is 5.02 Å². The average Bonchev–Trinajstić information content (AvgIpc) is 3.49. The summed E-state index contributed by atoms with van der Waals surface area (Å²) < 4.78 is 12.4. The lowest BCUT2D eigenvalue weighted by Gasteiger charge is -2.15. The second-order valence-electron chi connectivity index (χ2n) is 6.68.